The number of carbonyl (C=O) groups excluding carboxylic acids is 2. The molecule has 2 aromatic carbocycles. The van der Waals surface area contributed by atoms with Gasteiger partial charge in [0.05, 0.1) is 11.9 Å². The number of nitrogens with one attached hydrogen (secondary N) is 1. The molecule has 2 amide bonds. The van der Waals surface area contributed by atoms with Gasteiger partial charge in [-0.1, -0.05) is 48.5 Å². The Bertz CT molecular complexity index is 706. The van der Waals surface area contributed by atoms with Crippen molar-refractivity contribution in [3.63, 3.8) is 0 Å². The van der Waals surface area contributed by atoms with Crippen molar-refractivity contribution in [1.29, 1.82) is 0 Å². The summed E-state index contributed by atoms with van der Waals surface area (Å²) in [5.74, 6) is 0.992. The van der Waals surface area contributed by atoms with Crippen molar-refractivity contribution in [3.05, 3.63) is 71.8 Å². The lowest BCUT2D eigenvalue weighted by Gasteiger charge is -2.25. The molecule has 0 aromatic heterocycles. The Morgan fingerprint density at radius 1 is 1.08 bits per heavy atom. The van der Waals surface area contributed by atoms with Gasteiger partial charge in [0, 0.05) is 11.3 Å². The van der Waals surface area contributed by atoms with Crippen LogP contribution in [-0.4, -0.2) is 34.4 Å². The standard InChI is InChI=1S/C19H20N2O2S/c1-14(15-8-4-2-5-9-15)20-18(22)17-12-24-13-21(17)19(23)16-10-6-3-7-11-16/h2-11,14,17H,12-13H2,1H3,(H,20,22)/t14-,17-/m0/s1. The topological polar surface area (TPSA) is 49.4 Å². The normalized spacial score (nSPS) is 18.2. The fourth-order valence-corrected chi connectivity index (χ4v) is 3.90. The molecule has 1 saturated heterocycles. The summed E-state index contributed by atoms with van der Waals surface area (Å²) < 4.78 is 0. The summed E-state index contributed by atoms with van der Waals surface area (Å²) in [6.45, 7) is 1.96. The van der Waals surface area contributed by atoms with Gasteiger partial charge in [0.15, 0.2) is 0 Å². The summed E-state index contributed by atoms with van der Waals surface area (Å²) in [5.41, 5.74) is 1.67. The summed E-state index contributed by atoms with van der Waals surface area (Å²) in [5, 5.41) is 3.03. The van der Waals surface area contributed by atoms with Gasteiger partial charge in [0.2, 0.25) is 5.91 Å². The molecule has 4 nitrogen and oxygen atoms in total. The van der Waals surface area contributed by atoms with Gasteiger partial charge in [-0.25, -0.2) is 0 Å². The molecular weight excluding hydrogens is 320 g/mol. The molecule has 124 valence electrons. The van der Waals surface area contributed by atoms with E-state index < -0.39 is 6.04 Å². The maximum absolute atomic E-state index is 12.7. The second kappa shape index (κ2) is 7.53. The average Bonchev–Trinajstić information content (AvgIpc) is 3.12. The number of amides is 2. The molecule has 3 rings (SSSR count). The van der Waals surface area contributed by atoms with E-state index in [2.05, 4.69) is 5.32 Å². The SMILES string of the molecule is C[C@H](NC(=O)[C@@H]1CSCN1C(=O)c1ccccc1)c1ccccc1. The summed E-state index contributed by atoms with van der Waals surface area (Å²) in [6.07, 6.45) is 0. The average molecular weight is 340 g/mol. The van der Waals surface area contributed by atoms with Crippen LogP contribution in [0.5, 0.6) is 0 Å². The highest BCUT2D eigenvalue weighted by Crippen LogP contribution is 2.24. The second-order valence-electron chi connectivity index (χ2n) is 5.80. The van der Waals surface area contributed by atoms with Crippen molar-refractivity contribution < 1.29 is 9.59 Å². The Balaban J connectivity index is 1.69. The van der Waals surface area contributed by atoms with Crippen LogP contribution in [0.1, 0.15) is 28.9 Å². The van der Waals surface area contributed by atoms with E-state index >= 15 is 0 Å². The molecule has 1 N–H and O–H groups in total. The van der Waals surface area contributed by atoms with Crippen LogP contribution in [0.15, 0.2) is 60.7 Å². The fraction of sp³-hybridized carbons (Fsp3) is 0.263. The third kappa shape index (κ3) is 3.62. The van der Waals surface area contributed by atoms with Gasteiger partial charge in [0.1, 0.15) is 6.04 Å². The lowest BCUT2D eigenvalue weighted by Crippen LogP contribution is -2.47. The monoisotopic (exact) mass is 340 g/mol. The molecule has 0 aliphatic carbocycles. The number of thioether (sulfide) groups is 1. The number of nitrogens with zero attached hydrogens (tertiary/aromatic N) is 1. The predicted molar refractivity (Wildman–Crippen MR) is 96.7 cm³/mol. The number of rotatable bonds is 4. The Kier molecular flexibility index (Phi) is 5.20. The summed E-state index contributed by atoms with van der Waals surface area (Å²) in [6, 6.07) is 18.4. The van der Waals surface area contributed by atoms with Gasteiger partial charge in [-0.15, -0.1) is 11.8 Å². The number of benzene rings is 2. The zero-order valence-corrected chi connectivity index (χ0v) is 14.3. The molecule has 0 saturated carbocycles. The van der Waals surface area contributed by atoms with Crippen LogP contribution in [0.2, 0.25) is 0 Å². The van der Waals surface area contributed by atoms with Gasteiger partial charge in [-0.3, -0.25) is 9.59 Å². The molecule has 1 aliphatic heterocycles. The van der Waals surface area contributed by atoms with E-state index in [-0.39, 0.29) is 17.9 Å². The second-order valence-corrected chi connectivity index (χ2v) is 6.80. The van der Waals surface area contributed by atoms with Crippen LogP contribution >= 0.6 is 11.8 Å². The van der Waals surface area contributed by atoms with Crippen molar-refractivity contribution in [1.82, 2.24) is 10.2 Å². The first-order valence-corrected chi connectivity index (χ1v) is 9.11. The highest BCUT2D eigenvalue weighted by molar-refractivity contribution is 7.99. The van der Waals surface area contributed by atoms with Crippen LogP contribution in [0.25, 0.3) is 0 Å². The van der Waals surface area contributed by atoms with Gasteiger partial charge in [0.25, 0.3) is 5.91 Å². The summed E-state index contributed by atoms with van der Waals surface area (Å²) in [4.78, 5) is 27.0. The first kappa shape index (κ1) is 16.6. The molecule has 1 fully saturated rings. The predicted octanol–water partition coefficient (Wildman–Crippen LogP) is 3.08. The number of hydrogen-bond acceptors (Lipinski definition) is 3. The maximum Gasteiger partial charge on any atom is 0.255 e. The van der Waals surface area contributed by atoms with E-state index in [1.54, 1.807) is 28.8 Å². The quantitative estimate of drug-likeness (QED) is 0.930. The summed E-state index contributed by atoms with van der Waals surface area (Å²) >= 11 is 1.61. The Morgan fingerprint density at radius 3 is 2.38 bits per heavy atom. The van der Waals surface area contributed by atoms with Crippen molar-refractivity contribution in [2.45, 2.75) is 19.0 Å². The number of hydrogen-bond donors (Lipinski definition) is 1. The third-order valence-electron chi connectivity index (χ3n) is 4.12. The first-order valence-electron chi connectivity index (χ1n) is 7.96. The van der Waals surface area contributed by atoms with E-state index in [0.717, 1.165) is 5.56 Å². The zero-order valence-electron chi connectivity index (χ0n) is 13.5. The van der Waals surface area contributed by atoms with Crippen molar-refractivity contribution in [2.24, 2.45) is 0 Å². The zero-order chi connectivity index (χ0) is 16.9. The minimum absolute atomic E-state index is 0.0852. The van der Waals surface area contributed by atoms with E-state index in [0.29, 0.717) is 17.2 Å². The minimum Gasteiger partial charge on any atom is -0.348 e. The van der Waals surface area contributed by atoms with Crippen LogP contribution < -0.4 is 5.32 Å². The van der Waals surface area contributed by atoms with E-state index in [9.17, 15) is 9.59 Å². The Labute approximate surface area is 146 Å². The lowest BCUT2D eigenvalue weighted by atomic mass is 10.1. The number of carbonyl (C=O) groups is 2. The van der Waals surface area contributed by atoms with E-state index in [1.165, 1.54) is 0 Å². The van der Waals surface area contributed by atoms with Crippen LogP contribution in [0.4, 0.5) is 0 Å². The molecule has 0 bridgehead atoms. The summed E-state index contributed by atoms with van der Waals surface area (Å²) in [7, 11) is 0. The first-order chi connectivity index (χ1) is 11.7. The smallest absolute Gasteiger partial charge is 0.255 e. The molecule has 1 heterocycles. The molecule has 24 heavy (non-hydrogen) atoms. The van der Waals surface area contributed by atoms with E-state index in [4.69, 9.17) is 0 Å². The van der Waals surface area contributed by atoms with Gasteiger partial charge in [-0.05, 0) is 24.6 Å². The Morgan fingerprint density at radius 2 is 1.71 bits per heavy atom. The Hall–Kier alpha value is -2.27. The molecule has 5 heteroatoms. The van der Waals surface area contributed by atoms with Crippen molar-refractivity contribution in [2.75, 3.05) is 11.6 Å². The van der Waals surface area contributed by atoms with Crippen molar-refractivity contribution >= 4 is 23.6 Å². The molecule has 1 aliphatic rings. The highest BCUT2D eigenvalue weighted by atomic mass is 32.2. The largest absolute Gasteiger partial charge is 0.348 e. The van der Waals surface area contributed by atoms with Crippen LogP contribution in [0, 0.1) is 0 Å². The van der Waals surface area contributed by atoms with Crippen LogP contribution in [-0.2, 0) is 4.79 Å². The third-order valence-corrected chi connectivity index (χ3v) is 5.14. The van der Waals surface area contributed by atoms with E-state index in [1.807, 2.05) is 55.5 Å². The minimum atomic E-state index is -0.422. The molecule has 0 unspecified atom stereocenters. The molecule has 0 spiro atoms. The fourth-order valence-electron chi connectivity index (χ4n) is 2.74. The molecule has 0 radical (unpaired) electrons. The lowest BCUT2D eigenvalue weighted by molar-refractivity contribution is -0.125. The van der Waals surface area contributed by atoms with Gasteiger partial charge in [-0.2, -0.15) is 0 Å². The maximum atomic E-state index is 12.7. The van der Waals surface area contributed by atoms with Crippen molar-refractivity contribution in [3.8, 4) is 0 Å². The molecular formula is C19H20N2O2S. The molecule has 2 atom stereocenters. The molecule has 2 aromatic rings. The van der Waals surface area contributed by atoms with Gasteiger partial charge >= 0.3 is 0 Å². The van der Waals surface area contributed by atoms with Gasteiger partial charge < -0.3 is 10.2 Å². The highest BCUT2D eigenvalue weighted by Gasteiger charge is 2.35. The van der Waals surface area contributed by atoms with Crippen LogP contribution in [0.3, 0.4) is 0 Å².